The SMILES string of the molecule is C=C(/C=C\c1ccccc1C)C1=C(OC)c2ccccc2C1=O. The standard InChI is InChI=1S/C21H18O2/c1-14-8-4-5-9-16(14)13-12-15(2)19-20(22)17-10-6-7-11-18(17)21(19)23-3/h4-13H,2H2,1,3H3/b13-12-. The van der Waals surface area contributed by atoms with Gasteiger partial charge in [-0.1, -0.05) is 67.3 Å². The number of ether oxygens (including phenoxy) is 1. The molecule has 1 aliphatic carbocycles. The quantitative estimate of drug-likeness (QED) is 0.757. The molecule has 0 spiro atoms. The second-order valence-electron chi connectivity index (χ2n) is 5.50. The number of benzene rings is 2. The fraction of sp³-hybridized carbons (Fsp3) is 0.0952. The van der Waals surface area contributed by atoms with Crippen molar-refractivity contribution < 1.29 is 9.53 Å². The summed E-state index contributed by atoms with van der Waals surface area (Å²) < 4.78 is 5.48. The van der Waals surface area contributed by atoms with Crippen molar-refractivity contribution in [3.8, 4) is 0 Å². The molecule has 0 aromatic heterocycles. The Balaban J connectivity index is 1.97. The number of hydrogen-bond donors (Lipinski definition) is 0. The first kappa shape index (κ1) is 15.0. The summed E-state index contributed by atoms with van der Waals surface area (Å²) in [6, 6.07) is 15.6. The van der Waals surface area contributed by atoms with Crippen LogP contribution < -0.4 is 0 Å². The summed E-state index contributed by atoms with van der Waals surface area (Å²) in [5.41, 5.74) is 4.99. The third kappa shape index (κ3) is 2.64. The van der Waals surface area contributed by atoms with Gasteiger partial charge in [-0.15, -0.1) is 0 Å². The van der Waals surface area contributed by atoms with Crippen LogP contribution in [0.15, 0.2) is 72.3 Å². The molecule has 0 amide bonds. The van der Waals surface area contributed by atoms with E-state index in [9.17, 15) is 4.79 Å². The smallest absolute Gasteiger partial charge is 0.198 e. The van der Waals surface area contributed by atoms with E-state index in [0.29, 0.717) is 22.5 Å². The van der Waals surface area contributed by atoms with Gasteiger partial charge >= 0.3 is 0 Å². The van der Waals surface area contributed by atoms with Crippen LogP contribution >= 0.6 is 0 Å². The number of carbonyl (C=O) groups is 1. The highest BCUT2D eigenvalue weighted by Crippen LogP contribution is 2.36. The Morgan fingerprint density at radius 1 is 1.04 bits per heavy atom. The Bertz CT molecular complexity index is 854. The predicted octanol–water partition coefficient (Wildman–Crippen LogP) is 4.82. The molecule has 1 aliphatic rings. The van der Waals surface area contributed by atoms with E-state index in [-0.39, 0.29) is 5.78 Å². The molecule has 0 saturated carbocycles. The topological polar surface area (TPSA) is 26.3 Å². The molecule has 2 aromatic rings. The van der Waals surface area contributed by atoms with Crippen molar-refractivity contribution in [2.24, 2.45) is 0 Å². The van der Waals surface area contributed by atoms with Crippen LogP contribution in [0.25, 0.3) is 11.8 Å². The van der Waals surface area contributed by atoms with E-state index in [1.807, 2.05) is 54.6 Å². The molecule has 2 nitrogen and oxygen atoms in total. The largest absolute Gasteiger partial charge is 0.495 e. The zero-order valence-corrected chi connectivity index (χ0v) is 13.3. The lowest BCUT2D eigenvalue weighted by Gasteiger charge is -2.06. The maximum Gasteiger partial charge on any atom is 0.198 e. The van der Waals surface area contributed by atoms with Gasteiger partial charge in [-0.3, -0.25) is 4.79 Å². The summed E-state index contributed by atoms with van der Waals surface area (Å²) in [5.74, 6) is 0.571. The van der Waals surface area contributed by atoms with Crippen molar-refractivity contribution in [1.29, 1.82) is 0 Å². The van der Waals surface area contributed by atoms with Crippen molar-refractivity contribution in [3.63, 3.8) is 0 Å². The predicted molar refractivity (Wildman–Crippen MR) is 94.1 cm³/mol. The fourth-order valence-electron chi connectivity index (χ4n) is 2.80. The molecule has 0 N–H and O–H groups in total. The van der Waals surface area contributed by atoms with E-state index in [1.54, 1.807) is 7.11 Å². The number of Topliss-reactive ketones (excluding diaryl/α,β-unsaturated/α-hetero) is 1. The summed E-state index contributed by atoms with van der Waals surface area (Å²) in [6.45, 7) is 6.12. The lowest BCUT2D eigenvalue weighted by atomic mass is 10.0. The van der Waals surface area contributed by atoms with Gasteiger partial charge in [0.25, 0.3) is 0 Å². The highest BCUT2D eigenvalue weighted by molar-refractivity contribution is 6.22. The molecule has 2 heteroatoms. The van der Waals surface area contributed by atoms with E-state index >= 15 is 0 Å². The molecular formula is C21H18O2. The molecule has 0 bridgehead atoms. The molecule has 0 fully saturated rings. The molecule has 0 atom stereocenters. The van der Waals surface area contributed by atoms with E-state index < -0.39 is 0 Å². The lowest BCUT2D eigenvalue weighted by Crippen LogP contribution is -2.00. The van der Waals surface area contributed by atoms with Crippen molar-refractivity contribution >= 4 is 17.6 Å². The number of fused-ring (bicyclic) bond motifs is 1. The Kier molecular flexibility index (Phi) is 3.98. The molecule has 0 saturated heterocycles. The normalized spacial score (nSPS) is 13.6. The van der Waals surface area contributed by atoms with Gasteiger partial charge in [0.1, 0.15) is 5.76 Å². The van der Waals surface area contributed by atoms with Gasteiger partial charge in [-0.25, -0.2) is 0 Å². The fourth-order valence-corrected chi connectivity index (χ4v) is 2.80. The summed E-state index contributed by atoms with van der Waals surface area (Å²) in [7, 11) is 1.59. The van der Waals surface area contributed by atoms with Crippen LogP contribution in [0.1, 0.15) is 27.0 Å². The first-order chi connectivity index (χ1) is 11.1. The number of methoxy groups -OCH3 is 1. The van der Waals surface area contributed by atoms with Gasteiger partial charge in [0.15, 0.2) is 5.78 Å². The van der Waals surface area contributed by atoms with Crippen LogP contribution in [0, 0.1) is 6.92 Å². The number of rotatable bonds is 4. The average Bonchev–Trinajstić information content (AvgIpc) is 2.86. The molecule has 0 aliphatic heterocycles. The Labute approximate surface area is 136 Å². The third-order valence-electron chi connectivity index (χ3n) is 4.05. The summed E-state index contributed by atoms with van der Waals surface area (Å²) in [4.78, 5) is 12.7. The van der Waals surface area contributed by atoms with E-state index in [0.717, 1.165) is 11.1 Å². The first-order valence-corrected chi connectivity index (χ1v) is 7.49. The van der Waals surface area contributed by atoms with Gasteiger partial charge in [0.05, 0.1) is 12.7 Å². The van der Waals surface area contributed by atoms with Crippen molar-refractivity contribution in [3.05, 3.63) is 94.6 Å². The number of ketones is 1. The molecule has 0 radical (unpaired) electrons. The third-order valence-corrected chi connectivity index (χ3v) is 4.05. The van der Waals surface area contributed by atoms with Crippen LogP contribution in [0.4, 0.5) is 0 Å². The van der Waals surface area contributed by atoms with Crippen molar-refractivity contribution in [1.82, 2.24) is 0 Å². The molecule has 0 unspecified atom stereocenters. The molecule has 3 rings (SSSR count). The zero-order chi connectivity index (χ0) is 16.4. The molecule has 23 heavy (non-hydrogen) atoms. The van der Waals surface area contributed by atoms with Gasteiger partial charge in [-0.05, 0) is 23.6 Å². The van der Waals surface area contributed by atoms with Crippen molar-refractivity contribution in [2.75, 3.05) is 7.11 Å². The Morgan fingerprint density at radius 3 is 2.39 bits per heavy atom. The second kappa shape index (κ2) is 6.09. The zero-order valence-electron chi connectivity index (χ0n) is 13.3. The minimum absolute atomic E-state index is 0.0307. The minimum Gasteiger partial charge on any atom is -0.495 e. The van der Waals surface area contributed by atoms with E-state index in [1.165, 1.54) is 5.56 Å². The van der Waals surface area contributed by atoms with Crippen molar-refractivity contribution in [2.45, 2.75) is 6.92 Å². The van der Waals surface area contributed by atoms with E-state index in [2.05, 4.69) is 19.6 Å². The summed E-state index contributed by atoms with van der Waals surface area (Å²) in [6.07, 6.45) is 3.86. The number of allylic oxidation sites excluding steroid dienone is 3. The monoisotopic (exact) mass is 302 g/mol. The maximum absolute atomic E-state index is 12.7. The number of carbonyl (C=O) groups excluding carboxylic acids is 1. The highest BCUT2D eigenvalue weighted by Gasteiger charge is 2.31. The Morgan fingerprint density at radius 2 is 1.70 bits per heavy atom. The van der Waals surface area contributed by atoms with Gasteiger partial charge in [0, 0.05) is 11.1 Å². The first-order valence-electron chi connectivity index (χ1n) is 7.49. The van der Waals surface area contributed by atoms with Crippen LogP contribution in [0.2, 0.25) is 0 Å². The second-order valence-corrected chi connectivity index (χ2v) is 5.50. The van der Waals surface area contributed by atoms with Crippen LogP contribution in [0.5, 0.6) is 0 Å². The van der Waals surface area contributed by atoms with Crippen LogP contribution in [-0.2, 0) is 4.74 Å². The molecule has 2 aromatic carbocycles. The van der Waals surface area contributed by atoms with Gasteiger partial charge in [-0.2, -0.15) is 0 Å². The van der Waals surface area contributed by atoms with Crippen LogP contribution in [-0.4, -0.2) is 12.9 Å². The molecular weight excluding hydrogens is 284 g/mol. The van der Waals surface area contributed by atoms with Gasteiger partial charge < -0.3 is 4.74 Å². The lowest BCUT2D eigenvalue weighted by molar-refractivity contribution is 0.104. The molecule has 0 heterocycles. The van der Waals surface area contributed by atoms with Crippen LogP contribution in [0.3, 0.4) is 0 Å². The Hall–Kier alpha value is -2.87. The number of aryl methyl sites for hydroxylation is 1. The number of hydrogen-bond acceptors (Lipinski definition) is 2. The maximum atomic E-state index is 12.7. The summed E-state index contributed by atoms with van der Waals surface area (Å²) in [5, 5.41) is 0. The highest BCUT2D eigenvalue weighted by atomic mass is 16.5. The molecule has 114 valence electrons. The van der Waals surface area contributed by atoms with E-state index in [4.69, 9.17) is 4.74 Å². The average molecular weight is 302 g/mol. The summed E-state index contributed by atoms with van der Waals surface area (Å²) >= 11 is 0. The minimum atomic E-state index is -0.0307. The van der Waals surface area contributed by atoms with Gasteiger partial charge in [0.2, 0.25) is 0 Å².